The molecule has 1 heterocycles. The van der Waals surface area contributed by atoms with E-state index in [4.69, 9.17) is 9.15 Å². The molecular formula is C8H10O3. The first-order chi connectivity index (χ1) is 5.24. The molecule has 0 aliphatic rings. The van der Waals surface area contributed by atoms with E-state index in [9.17, 15) is 4.79 Å². The third-order valence-corrected chi connectivity index (χ3v) is 1.24. The average Bonchev–Trinajstić information content (AvgIpc) is 2.36. The summed E-state index contributed by atoms with van der Waals surface area (Å²) < 4.78 is 9.67. The Morgan fingerprint density at radius 3 is 2.91 bits per heavy atom. The Hall–Kier alpha value is -1.25. The molecule has 1 rings (SSSR count). The number of rotatable bonds is 2. The Balaban J connectivity index is 2.69. The molecule has 0 amide bonds. The minimum atomic E-state index is -0.329. The molecule has 3 nitrogen and oxygen atoms in total. The molecule has 0 aliphatic carbocycles. The maximum absolute atomic E-state index is 11.0. The van der Waals surface area contributed by atoms with E-state index in [0.29, 0.717) is 17.9 Å². The highest BCUT2D eigenvalue weighted by atomic mass is 16.5. The molecule has 0 unspecified atom stereocenters. The summed E-state index contributed by atoms with van der Waals surface area (Å²) in [6, 6.07) is 1.65. The van der Waals surface area contributed by atoms with Crippen LogP contribution in [0.25, 0.3) is 0 Å². The van der Waals surface area contributed by atoms with E-state index < -0.39 is 0 Å². The molecule has 0 aliphatic heterocycles. The first kappa shape index (κ1) is 7.85. The molecule has 0 N–H and O–H groups in total. The highest BCUT2D eigenvalue weighted by molar-refractivity contribution is 5.89. The summed E-state index contributed by atoms with van der Waals surface area (Å²) in [5.41, 5.74) is 0.476. The molecule has 3 heteroatoms. The van der Waals surface area contributed by atoms with Crippen LogP contribution in [0.2, 0.25) is 0 Å². The van der Waals surface area contributed by atoms with Gasteiger partial charge in [0.25, 0.3) is 0 Å². The van der Waals surface area contributed by atoms with Crippen LogP contribution in [0.1, 0.15) is 23.0 Å². The minimum Gasteiger partial charge on any atom is -0.469 e. The van der Waals surface area contributed by atoms with Gasteiger partial charge in [-0.2, -0.15) is 0 Å². The van der Waals surface area contributed by atoms with Crippen molar-refractivity contribution in [1.82, 2.24) is 0 Å². The van der Waals surface area contributed by atoms with Gasteiger partial charge in [0, 0.05) is 0 Å². The Morgan fingerprint density at radius 1 is 1.73 bits per heavy atom. The molecule has 1 aromatic heterocycles. The van der Waals surface area contributed by atoms with Crippen LogP contribution in [0.5, 0.6) is 0 Å². The summed E-state index contributed by atoms with van der Waals surface area (Å²) in [7, 11) is 0. The number of carbonyl (C=O) groups excluding carboxylic acids is 1. The highest BCUT2D eigenvalue weighted by Crippen LogP contribution is 2.07. The molecule has 11 heavy (non-hydrogen) atoms. The van der Waals surface area contributed by atoms with Gasteiger partial charge in [-0.05, 0) is 19.9 Å². The molecule has 1 aromatic rings. The zero-order valence-electron chi connectivity index (χ0n) is 6.59. The Labute approximate surface area is 65.0 Å². The highest BCUT2D eigenvalue weighted by Gasteiger charge is 2.07. The zero-order chi connectivity index (χ0) is 8.27. The van der Waals surface area contributed by atoms with E-state index in [0.717, 1.165) is 0 Å². The summed E-state index contributed by atoms with van der Waals surface area (Å²) in [4.78, 5) is 11.0. The van der Waals surface area contributed by atoms with Crippen LogP contribution < -0.4 is 0 Å². The molecule has 0 bridgehead atoms. The lowest BCUT2D eigenvalue weighted by atomic mass is 10.3. The topological polar surface area (TPSA) is 39.4 Å². The van der Waals surface area contributed by atoms with Gasteiger partial charge in [-0.1, -0.05) is 0 Å². The van der Waals surface area contributed by atoms with Gasteiger partial charge < -0.3 is 9.15 Å². The van der Waals surface area contributed by atoms with E-state index in [1.807, 2.05) is 0 Å². The van der Waals surface area contributed by atoms with Crippen LogP contribution in [0.3, 0.4) is 0 Å². The van der Waals surface area contributed by atoms with Crippen molar-refractivity contribution in [3.8, 4) is 0 Å². The number of hydrogen-bond acceptors (Lipinski definition) is 3. The van der Waals surface area contributed by atoms with Crippen molar-refractivity contribution in [2.45, 2.75) is 13.8 Å². The van der Waals surface area contributed by atoms with E-state index in [1.165, 1.54) is 6.26 Å². The lowest BCUT2D eigenvalue weighted by Gasteiger charge is -1.95. The van der Waals surface area contributed by atoms with Crippen molar-refractivity contribution in [3.05, 3.63) is 23.7 Å². The summed E-state index contributed by atoms with van der Waals surface area (Å²) in [6.07, 6.45) is 1.40. The molecule has 0 aromatic carbocycles. The van der Waals surface area contributed by atoms with Crippen LogP contribution in [-0.2, 0) is 4.74 Å². The first-order valence-corrected chi connectivity index (χ1v) is 3.46. The SMILES string of the molecule is CCOC(=O)c1coc(C)c1. The second kappa shape index (κ2) is 3.23. The zero-order valence-corrected chi connectivity index (χ0v) is 6.59. The number of ether oxygens (including phenoxy) is 1. The molecule has 0 saturated carbocycles. The van der Waals surface area contributed by atoms with Crippen molar-refractivity contribution in [3.63, 3.8) is 0 Å². The Bertz CT molecular complexity index is 250. The summed E-state index contributed by atoms with van der Waals surface area (Å²) in [5, 5.41) is 0. The third kappa shape index (κ3) is 1.83. The molecule has 0 fully saturated rings. The molecule has 60 valence electrons. The van der Waals surface area contributed by atoms with Gasteiger partial charge in [0.05, 0.1) is 12.2 Å². The number of carbonyl (C=O) groups is 1. The monoisotopic (exact) mass is 154 g/mol. The minimum absolute atomic E-state index is 0.329. The van der Waals surface area contributed by atoms with E-state index in [1.54, 1.807) is 19.9 Å². The molecular weight excluding hydrogens is 144 g/mol. The van der Waals surface area contributed by atoms with Crippen LogP contribution >= 0.6 is 0 Å². The van der Waals surface area contributed by atoms with Crippen molar-refractivity contribution < 1.29 is 13.9 Å². The standard InChI is InChI=1S/C8H10O3/c1-3-10-8(9)7-4-6(2)11-5-7/h4-5H,3H2,1-2H3. The number of esters is 1. The van der Waals surface area contributed by atoms with Gasteiger partial charge >= 0.3 is 5.97 Å². The Kier molecular flexibility index (Phi) is 2.31. The lowest BCUT2D eigenvalue weighted by molar-refractivity contribution is 0.0525. The van der Waals surface area contributed by atoms with E-state index in [2.05, 4.69) is 0 Å². The molecule has 0 spiro atoms. The van der Waals surface area contributed by atoms with Gasteiger partial charge in [-0.25, -0.2) is 4.79 Å². The van der Waals surface area contributed by atoms with Gasteiger partial charge in [0.15, 0.2) is 0 Å². The fourth-order valence-electron chi connectivity index (χ4n) is 0.765. The van der Waals surface area contributed by atoms with Crippen molar-refractivity contribution in [1.29, 1.82) is 0 Å². The average molecular weight is 154 g/mol. The van der Waals surface area contributed by atoms with Crippen LogP contribution in [0, 0.1) is 6.92 Å². The normalized spacial score (nSPS) is 9.64. The van der Waals surface area contributed by atoms with Crippen molar-refractivity contribution in [2.24, 2.45) is 0 Å². The van der Waals surface area contributed by atoms with Crippen molar-refractivity contribution in [2.75, 3.05) is 6.61 Å². The quantitative estimate of drug-likeness (QED) is 0.609. The van der Waals surface area contributed by atoms with Crippen LogP contribution in [-0.4, -0.2) is 12.6 Å². The maximum atomic E-state index is 11.0. The van der Waals surface area contributed by atoms with Gasteiger partial charge in [0.2, 0.25) is 0 Å². The second-order valence-electron chi connectivity index (χ2n) is 2.17. The lowest BCUT2D eigenvalue weighted by Crippen LogP contribution is -2.02. The third-order valence-electron chi connectivity index (χ3n) is 1.24. The number of furan rings is 1. The predicted molar refractivity (Wildman–Crippen MR) is 39.4 cm³/mol. The fraction of sp³-hybridized carbons (Fsp3) is 0.375. The van der Waals surface area contributed by atoms with Crippen LogP contribution in [0.15, 0.2) is 16.7 Å². The first-order valence-electron chi connectivity index (χ1n) is 3.46. The second-order valence-corrected chi connectivity index (χ2v) is 2.17. The molecule has 0 atom stereocenters. The van der Waals surface area contributed by atoms with Gasteiger partial charge in [0.1, 0.15) is 12.0 Å². The summed E-state index contributed by atoms with van der Waals surface area (Å²) in [5.74, 6) is 0.386. The molecule has 0 saturated heterocycles. The number of hydrogen-bond donors (Lipinski definition) is 0. The van der Waals surface area contributed by atoms with E-state index in [-0.39, 0.29) is 5.97 Å². The van der Waals surface area contributed by atoms with Crippen molar-refractivity contribution >= 4 is 5.97 Å². The smallest absolute Gasteiger partial charge is 0.341 e. The summed E-state index contributed by atoms with van der Waals surface area (Å²) in [6.45, 7) is 3.94. The maximum Gasteiger partial charge on any atom is 0.341 e. The largest absolute Gasteiger partial charge is 0.469 e. The molecule has 0 radical (unpaired) electrons. The fourth-order valence-corrected chi connectivity index (χ4v) is 0.765. The van der Waals surface area contributed by atoms with Gasteiger partial charge in [-0.3, -0.25) is 0 Å². The Morgan fingerprint density at radius 2 is 2.45 bits per heavy atom. The van der Waals surface area contributed by atoms with Gasteiger partial charge in [-0.15, -0.1) is 0 Å². The summed E-state index contributed by atoms with van der Waals surface area (Å²) >= 11 is 0. The van der Waals surface area contributed by atoms with Crippen LogP contribution in [0.4, 0.5) is 0 Å². The van der Waals surface area contributed by atoms with E-state index >= 15 is 0 Å². The number of aryl methyl sites for hydroxylation is 1. The predicted octanol–water partition coefficient (Wildman–Crippen LogP) is 1.76.